The number of rotatable bonds is 5. The van der Waals surface area contributed by atoms with E-state index in [0.29, 0.717) is 5.56 Å². The van der Waals surface area contributed by atoms with E-state index in [1.165, 1.54) is 23.9 Å². The number of hydrogen-bond acceptors (Lipinski definition) is 4. The monoisotopic (exact) mass is 388 g/mol. The van der Waals surface area contributed by atoms with Gasteiger partial charge in [-0.25, -0.2) is 0 Å². The minimum atomic E-state index is -0.247. The van der Waals surface area contributed by atoms with Gasteiger partial charge < -0.3 is 15.2 Å². The highest BCUT2D eigenvalue weighted by molar-refractivity contribution is 6.04. The van der Waals surface area contributed by atoms with E-state index < -0.39 is 0 Å². The maximum atomic E-state index is 12.2. The van der Waals surface area contributed by atoms with E-state index in [1.807, 2.05) is 30.3 Å². The van der Waals surface area contributed by atoms with Gasteiger partial charge in [0.15, 0.2) is 0 Å². The SMILES string of the molecule is O=C(Nc1ccc(N2CCN(Cc3ccccc3)CC2)cc1)c1ccc(=O)[nH]c1. The van der Waals surface area contributed by atoms with Crippen molar-refractivity contribution in [3.05, 3.63) is 94.4 Å². The van der Waals surface area contributed by atoms with E-state index in [2.05, 4.69) is 44.4 Å². The van der Waals surface area contributed by atoms with E-state index in [4.69, 9.17) is 0 Å². The molecule has 1 aliphatic rings. The third-order valence-corrected chi connectivity index (χ3v) is 5.16. The van der Waals surface area contributed by atoms with Gasteiger partial charge in [-0.2, -0.15) is 0 Å². The Kier molecular flexibility index (Phi) is 5.72. The molecule has 0 unspecified atom stereocenters. The van der Waals surface area contributed by atoms with E-state index in [0.717, 1.165) is 44.1 Å². The topological polar surface area (TPSA) is 68.4 Å². The van der Waals surface area contributed by atoms with Crippen LogP contribution < -0.4 is 15.8 Å². The lowest BCUT2D eigenvalue weighted by atomic mass is 10.2. The van der Waals surface area contributed by atoms with Crippen molar-refractivity contribution in [1.82, 2.24) is 9.88 Å². The second-order valence-electron chi connectivity index (χ2n) is 7.19. The van der Waals surface area contributed by atoms with Crippen LogP contribution in [-0.2, 0) is 6.54 Å². The first-order chi connectivity index (χ1) is 14.2. The van der Waals surface area contributed by atoms with Gasteiger partial charge in [-0.1, -0.05) is 30.3 Å². The quantitative estimate of drug-likeness (QED) is 0.705. The molecule has 0 atom stereocenters. The second kappa shape index (κ2) is 8.75. The molecule has 1 saturated heterocycles. The zero-order valence-electron chi connectivity index (χ0n) is 16.2. The predicted octanol–water partition coefficient (Wildman–Crippen LogP) is 2.95. The minimum absolute atomic E-state index is 0.227. The molecule has 0 aliphatic carbocycles. The zero-order chi connectivity index (χ0) is 20.1. The molecule has 2 aromatic carbocycles. The summed E-state index contributed by atoms with van der Waals surface area (Å²) in [6, 6.07) is 21.3. The third kappa shape index (κ3) is 4.92. The van der Waals surface area contributed by atoms with Crippen molar-refractivity contribution in [3.63, 3.8) is 0 Å². The minimum Gasteiger partial charge on any atom is -0.369 e. The summed E-state index contributed by atoms with van der Waals surface area (Å²) in [6.07, 6.45) is 1.42. The number of nitrogens with zero attached hydrogens (tertiary/aromatic N) is 2. The van der Waals surface area contributed by atoms with Crippen LogP contribution >= 0.6 is 0 Å². The van der Waals surface area contributed by atoms with Crippen LogP contribution in [0.2, 0.25) is 0 Å². The normalized spacial score (nSPS) is 14.6. The number of pyridine rings is 1. The molecule has 2 N–H and O–H groups in total. The van der Waals surface area contributed by atoms with Crippen molar-refractivity contribution in [3.8, 4) is 0 Å². The number of nitrogens with one attached hydrogen (secondary N) is 2. The molecule has 0 radical (unpaired) electrons. The number of aromatic amines is 1. The van der Waals surface area contributed by atoms with Crippen molar-refractivity contribution >= 4 is 17.3 Å². The molecule has 1 fully saturated rings. The standard InChI is InChI=1S/C23H24N4O2/c28-22-11-6-19(16-24-22)23(29)25-20-7-9-21(10-8-20)27-14-12-26(13-15-27)17-18-4-2-1-3-5-18/h1-11,16H,12-15,17H2,(H,24,28)(H,25,29). The molecule has 0 saturated carbocycles. The maximum absolute atomic E-state index is 12.2. The summed E-state index contributed by atoms with van der Waals surface area (Å²) in [7, 11) is 0. The fourth-order valence-electron chi connectivity index (χ4n) is 3.52. The maximum Gasteiger partial charge on any atom is 0.257 e. The molecular formula is C23H24N4O2. The highest BCUT2D eigenvalue weighted by Crippen LogP contribution is 2.20. The van der Waals surface area contributed by atoms with Gasteiger partial charge >= 0.3 is 0 Å². The largest absolute Gasteiger partial charge is 0.369 e. The van der Waals surface area contributed by atoms with Crippen LogP contribution in [0.3, 0.4) is 0 Å². The first kappa shape index (κ1) is 19.0. The lowest BCUT2D eigenvalue weighted by molar-refractivity contribution is 0.102. The molecule has 2 heterocycles. The van der Waals surface area contributed by atoms with E-state index in [1.54, 1.807) is 0 Å². The molecule has 4 rings (SSSR count). The van der Waals surface area contributed by atoms with Gasteiger partial charge in [-0.15, -0.1) is 0 Å². The first-order valence-corrected chi connectivity index (χ1v) is 9.79. The molecule has 6 nitrogen and oxygen atoms in total. The lowest BCUT2D eigenvalue weighted by Gasteiger charge is -2.36. The molecule has 0 spiro atoms. The second-order valence-corrected chi connectivity index (χ2v) is 7.19. The highest BCUT2D eigenvalue weighted by atomic mass is 16.1. The van der Waals surface area contributed by atoms with Crippen molar-refractivity contribution in [1.29, 1.82) is 0 Å². The van der Waals surface area contributed by atoms with Crippen molar-refractivity contribution in [2.24, 2.45) is 0 Å². The molecule has 6 heteroatoms. The van der Waals surface area contributed by atoms with Crippen LogP contribution in [0.15, 0.2) is 77.7 Å². The fraction of sp³-hybridized carbons (Fsp3) is 0.217. The summed E-state index contributed by atoms with van der Waals surface area (Å²) in [5, 5.41) is 2.85. The van der Waals surface area contributed by atoms with Crippen molar-refractivity contribution in [2.45, 2.75) is 6.54 Å². The smallest absolute Gasteiger partial charge is 0.257 e. The van der Waals surface area contributed by atoms with Crippen LogP contribution in [0.5, 0.6) is 0 Å². The molecule has 29 heavy (non-hydrogen) atoms. The molecule has 1 aromatic heterocycles. The summed E-state index contributed by atoms with van der Waals surface area (Å²) in [4.78, 5) is 30.7. The number of H-pyrrole nitrogens is 1. The summed E-state index contributed by atoms with van der Waals surface area (Å²) in [6.45, 7) is 5.01. The van der Waals surface area contributed by atoms with Crippen LogP contribution in [0.25, 0.3) is 0 Å². The Labute approximate surface area is 169 Å². The van der Waals surface area contributed by atoms with Gasteiger partial charge in [0.2, 0.25) is 5.56 Å². The summed E-state index contributed by atoms with van der Waals surface area (Å²) < 4.78 is 0. The van der Waals surface area contributed by atoms with E-state index in [-0.39, 0.29) is 11.5 Å². The van der Waals surface area contributed by atoms with Gasteiger partial charge in [0.1, 0.15) is 0 Å². The number of aromatic nitrogens is 1. The number of hydrogen-bond donors (Lipinski definition) is 2. The molecular weight excluding hydrogens is 364 g/mol. The van der Waals surface area contributed by atoms with Crippen LogP contribution in [0.1, 0.15) is 15.9 Å². The van der Waals surface area contributed by atoms with E-state index in [9.17, 15) is 9.59 Å². The molecule has 148 valence electrons. The number of carbonyl (C=O) groups is 1. The van der Waals surface area contributed by atoms with Gasteiger partial charge in [0, 0.05) is 56.4 Å². The molecule has 1 aliphatic heterocycles. The Morgan fingerprint density at radius 3 is 2.28 bits per heavy atom. The zero-order valence-corrected chi connectivity index (χ0v) is 16.2. The first-order valence-electron chi connectivity index (χ1n) is 9.79. The van der Waals surface area contributed by atoms with Crippen LogP contribution in [-0.4, -0.2) is 42.0 Å². The average molecular weight is 388 g/mol. The number of piperazine rings is 1. The Morgan fingerprint density at radius 1 is 0.897 bits per heavy atom. The Hall–Kier alpha value is -3.38. The van der Waals surface area contributed by atoms with Gasteiger partial charge in [0.05, 0.1) is 5.56 Å². The number of amides is 1. The lowest BCUT2D eigenvalue weighted by Crippen LogP contribution is -2.45. The van der Waals surface area contributed by atoms with Crippen molar-refractivity contribution in [2.75, 3.05) is 36.4 Å². The Morgan fingerprint density at radius 2 is 1.62 bits per heavy atom. The predicted molar refractivity (Wildman–Crippen MR) is 115 cm³/mol. The summed E-state index contributed by atoms with van der Waals surface area (Å²) in [5.74, 6) is -0.247. The highest BCUT2D eigenvalue weighted by Gasteiger charge is 2.17. The third-order valence-electron chi connectivity index (χ3n) is 5.16. The average Bonchev–Trinajstić information content (AvgIpc) is 2.76. The Bertz CT molecular complexity index is 987. The Balaban J connectivity index is 1.31. The van der Waals surface area contributed by atoms with Gasteiger partial charge in [-0.05, 0) is 35.9 Å². The molecule has 3 aromatic rings. The summed E-state index contributed by atoms with van der Waals surface area (Å²) >= 11 is 0. The fourth-order valence-corrected chi connectivity index (χ4v) is 3.52. The van der Waals surface area contributed by atoms with Crippen molar-refractivity contribution < 1.29 is 4.79 Å². The van der Waals surface area contributed by atoms with Crippen LogP contribution in [0, 0.1) is 0 Å². The van der Waals surface area contributed by atoms with Crippen LogP contribution in [0.4, 0.5) is 11.4 Å². The van der Waals surface area contributed by atoms with Gasteiger partial charge in [-0.3, -0.25) is 14.5 Å². The van der Waals surface area contributed by atoms with Gasteiger partial charge in [0.25, 0.3) is 5.91 Å². The molecule has 0 bridgehead atoms. The molecule has 1 amide bonds. The number of carbonyl (C=O) groups excluding carboxylic acids is 1. The number of anilines is 2. The summed E-state index contributed by atoms with van der Waals surface area (Å²) in [5.41, 5.74) is 3.43. The number of benzene rings is 2. The van der Waals surface area contributed by atoms with E-state index >= 15 is 0 Å².